The van der Waals surface area contributed by atoms with E-state index in [1.807, 2.05) is 0 Å². The van der Waals surface area contributed by atoms with Crippen molar-refractivity contribution in [2.75, 3.05) is 18.0 Å². The third-order valence-electron chi connectivity index (χ3n) is 2.43. The Morgan fingerprint density at radius 3 is 2.57 bits per heavy atom. The smallest absolute Gasteiger partial charge is 0.172 e. The van der Waals surface area contributed by atoms with Crippen molar-refractivity contribution in [3.05, 3.63) is 16.4 Å². The van der Waals surface area contributed by atoms with E-state index in [0.717, 1.165) is 18.8 Å². The fourth-order valence-electron chi connectivity index (χ4n) is 1.70. The molecule has 5 heteroatoms. The molecular formula is C9H11Cl2N3. The predicted octanol–water partition coefficient (Wildman–Crippen LogP) is 2.77. The molecule has 1 fully saturated rings. The molecule has 0 bridgehead atoms. The summed E-state index contributed by atoms with van der Waals surface area (Å²) in [6, 6.07) is 0. The molecule has 14 heavy (non-hydrogen) atoms. The second-order valence-corrected chi connectivity index (χ2v) is 4.12. The number of nitrogens with zero attached hydrogens (tertiary/aromatic N) is 3. The van der Waals surface area contributed by atoms with Crippen LogP contribution in [0.25, 0.3) is 0 Å². The van der Waals surface area contributed by atoms with Gasteiger partial charge in [-0.25, -0.2) is 0 Å². The lowest BCUT2D eigenvalue weighted by Crippen LogP contribution is -2.29. The Morgan fingerprint density at radius 2 is 1.86 bits per heavy atom. The van der Waals surface area contributed by atoms with E-state index in [1.165, 1.54) is 19.3 Å². The van der Waals surface area contributed by atoms with Crippen LogP contribution in [0.3, 0.4) is 0 Å². The molecule has 0 spiro atoms. The Hall–Kier alpha value is -0.540. The molecule has 1 saturated heterocycles. The monoisotopic (exact) mass is 231 g/mol. The number of piperidine rings is 1. The minimum Gasteiger partial charge on any atom is -0.369 e. The molecular weight excluding hydrogens is 221 g/mol. The van der Waals surface area contributed by atoms with Gasteiger partial charge in [0.05, 0.1) is 11.9 Å². The molecule has 76 valence electrons. The molecule has 3 nitrogen and oxygen atoms in total. The average molecular weight is 232 g/mol. The van der Waals surface area contributed by atoms with E-state index in [1.54, 1.807) is 6.20 Å². The largest absolute Gasteiger partial charge is 0.369 e. The summed E-state index contributed by atoms with van der Waals surface area (Å²) in [5, 5.41) is 8.31. The van der Waals surface area contributed by atoms with Gasteiger partial charge in [-0.05, 0) is 19.3 Å². The zero-order chi connectivity index (χ0) is 9.97. The summed E-state index contributed by atoms with van der Waals surface area (Å²) in [5.74, 6) is 0. The van der Waals surface area contributed by atoms with Gasteiger partial charge in [0.15, 0.2) is 5.15 Å². The number of halogens is 2. The molecule has 0 radical (unpaired) electrons. The zero-order valence-electron chi connectivity index (χ0n) is 7.71. The van der Waals surface area contributed by atoms with Gasteiger partial charge in [0, 0.05) is 13.1 Å². The Kier molecular flexibility index (Phi) is 3.08. The molecule has 1 aliphatic rings. The van der Waals surface area contributed by atoms with Gasteiger partial charge >= 0.3 is 0 Å². The van der Waals surface area contributed by atoms with Gasteiger partial charge in [-0.1, -0.05) is 23.2 Å². The van der Waals surface area contributed by atoms with Crippen LogP contribution in [0.15, 0.2) is 6.20 Å². The van der Waals surface area contributed by atoms with E-state index < -0.39 is 0 Å². The van der Waals surface area contributed by atoms with Crippen molar-refractivity contribution in [2.24, 2.45) is 0 Å². The van der Waals surface area contributed by atoms with Crippen molar-refractivity contribution in [1.82, 2.24) is 10.2 Å². The van der Waals surface area contributed by atoms with Crippen molar-refractivity contribution in [3.63, 3.8) is 0 Å². The summed E-state index contributed by atoms with van der Waals surface area (Å²) in [7, 11) is 0. The van der Waals surface area contributed by atoms with Gasteiger partial charge in [0.25, 0.3) is 0 Å². The number of rotatable bonds is 1. The van der Waals surface area contributed by atoms with E-state index in [-0.39, 0.29) is 5.15 Å². The summed E-state index contributed by atoms with van der Waals surface area (Å²) in [5.41, 5.74) is 0.909. The van der Waals surface area contributed by atoms with E-state index in [4.69, 9.17) is 23.2 Å². The molecule has 0 amide bonds. The second-order valence-electron chi connectivity index (χ2n) is 3.38. The van der Waals surface area contributed by atoms with Gasteiger partial charge < -0.3 is 4.90 Å². The molecule has 1 aromatic heterocycles. The number of hydrogen-bond acceptors (Lipinski definition) is 3. The topological polar surface area (TPSA) is 29.0 Å². The van der Waals surface area contributed by atoms with Crippen LogP contribution >= 0.6 is 23.2 Å². The zero-order valence-corrected chi connectivity index (χ0v) is 9.22. The van der Waals surface area contributed by atoms with Crippen molar-refractivity contribution in [2.45, 2.75) is 19.3 Å². The minimum absolute atomic E-state index is 0.287. The Bertz CT molecular complexity index is 324. The van der Waals surface area contributed by atoms with Gasteiger partial charge in [-0.3, -0.25) is 0 Å². The highest BCUT2D eigenvalue weighted by molar-refractivity contribution is 6.42. The lowest BCUT2D eigenvalue weighted by atomic mass is 10.1. The third-order valence-corrected chi connectivity index (χ3v) is 3.16. The van der Waals surface area contributed by atoms with Gasteiger partial charge in [-0.15, -0.1) is 5.10 Å². The van der Waals surface area contributed by atoms with Crippen molar-refractivity contribution in [1.29, 1.82) is 0 Å². The highest BCUT2D eigenvalue weighted by atomic mass is 35.5. The van der Waals surface area contributed by atoms with E-state index >= 15 is 0 Å². The molecule has 2 rings (SSSR count). The third kappa shape index (κ3) is 1.93. The molecule has 0 N–H and O–H groups in total. The number of aromatic nitrogens is 2. The quantitative estimate of drug-likeness (QED) is 0.745. The average Bonchev–Trinajstić information content (AvgIpc) is 2.23. The van der Waals surface area contributed by atoms with Gasteiger partial charge in [0.2, 0.25) is 0 Å². The molecule has 0 aliphatic carbocycles. The highest BCUT2D eigenvalue weighted by Crippen LogP contribution is 2.31. The molecule has 0 atom stereocenters. The van der Waals surface area contributed by atoms with Crippen LogP contribution in [0.5, 0.6) is 0 Å². The molecule has 0 unspecified atom stereocenters. The minimum atomic E-state index is 0.287. The van der Waals surface area contributed by atoms with Crippen LogP contribution in [0.2, 0.25) is 10.2 Å². The van der Waals surface area contributed by atoms with Crippen LogP contribution < -0.4 is 4.90 Å². The second kappa shape index (κ2) is 4.32. The number of hydrogen-bond donors (Lipinski definition) is 0. The summed E-state index contributed by atoms with van der Waals surface area (Å²) in [4.78, 5) is 2.21. The molecule has 1 aromatic rings. The van der Waals surface area contributed by atoms with E-state index in [9.17, 15) is 0 Å². The lowest BCUT2D eigenvalue weighted by molar-refractivity contribution is 0.577. The highest BCUT2D eigenvalue weighted by Gasteiger charge is 2.16. The summed E-state index contributed by atoms with van der Waals surface area (Å²) in [6.45, 7) is 2.06. The van der Waals surface area contributed by atoms with Crippen LogP contribution in [-0.4, -0.2) is 23.3 Å². The maximum absolute atomic E-state index is 6.05. The van der Waals surface area contributed by atoms with Crippen LogP contribution in [0, 0.1) is 0 Å². The SMILES string of the molecule is Clc1nncc(N2CCCCC2)c1Cl. The Labute approximate surface area is 93.0 Å². The van der Waals surface area contributed by atoms with Crippen molar-refractivity contribution < 1.29 is 0 Å². The first-order chi connectivity index (χ1) is 6.79. The lowest BCUT2D eigenvalue weighted by Gasteiger charge is -2.28. The first-order valence-electron chi connectivity index (χ1n) is 4.70. The molecule has 0 aromatic carbocycles. The first-order valence-corrected chi connectivity index (χ1v) is 5.46. The standard InChI is InChI=1S/C9H11Cl2N3/c10-8-7(6-12-13-9(8)11)14-4-2-1-3-5-14/h6H,1-5H2. The Morgan fingerprint density at radius 1 is 1.14 bits per heavy atom. The molecule has 0 saturated carbocycles. The molecule has 2 heterocycles. The maximum atomic E-state index is 6.05. The number of anilines is 1. The van der Waals surface area contributed by atoms with Crippen LogP contribution in [0.4, 0.5) is 5.69 Å². The van der Waals surface area contributed by atoms with E-state index in [0.29, 0.717) is 5.02 Å². The summed E-state index contributed by atoms with van der Waals surface area (Å²) in [6.07, 6.45) is 5.38. The predicted molar refractivity (Wildman–Crippen MR) is 58.1 cm³/mol. The van der Waals surface area contributed by atoms with Crippen molar-refractivity contribution in [3.8, 4) is 0 Å². The van der Waals surface area contributed by atoms with Gasteiger partial charge in [-0.2, -0.15) is 5.10 Å². The molecule has 1 aliphatic heterocycles. The van der Waals surface area contributed by atoms with Gasteiger partial charge in [0.1, 0.15) is 5.02 Å². The fraction of sp³-hybridized carbons (Fsp3) is 0.556. The van der Waals surface area contributed by atoms with Crippen LogP contribution in [0.1, 0.15) is 19.3 Å². The fourth-order valence-corrected chi connectivity index (χ4v) is 2.04. The van der Waals surface area contributed by atoms with E-state index in [2.05, 4.69) is 15.1 Å². The maximum Gasteiger partial charge on any atom is 0.172 e. The van der Waals surface area contributed by atoms with Crippen LogP contribution in [-0.2, 0) is 0 Å². The summed E-state index contributed by atoms with van der Waals surface area (Å²) >= 11 is 11.9. The normalized spacial score (nSPS) is 17.1. The first kappa shape index (κ1) is 9.99. The summed E-state index contributed by atoms with van der Waals surface area (Å²) < 4.78 is 0. The van der Waals surface area contributed by atoms with Crippen molar-refractivity contribution >= 4 is 28.9 Å². The Balaban J connectivity index is 2.26.